The molecule has 2 nitrogen and oxygen atoms in total. The maximum absolute atomic E-state index is 12.0. The van der Waals surface area contributed by atoms with Crippen molar-refractivity contribution in [3.05, 3.63) is 0 Å². The summed E-state index contributed by atoms with van der Waals surface area (Å²) in [6, 6.07) is 0. The van der Waals surface area contributed by atoms with E-state index in [2.05, 4.69) is 13.8 Å². The summed E-state index contributed by atoms with van der Waals surface area (Å²) in [5.74, 6) is 0.163. The number of hydrogen-bond donors (Lipinski definition) is 0. The quantitative estimate of drug-likeness (QED) is 0.174. The van der Waals surface area contributed by atoms with Crippen molar-refractivity contribution in [1.29, 1.82) is 0 Å². The van der Waals surface area contributed by atoms with E-state index in [0.29, 0.717) is 0 Å². The highest BCUT2D eigenvalue weighted by atomic mass is 16.5. The third kappa shape index (κ3) is 16.7. The van der Waals surface area contributed by atoms with Crippen LogP contribution in [0.2, 0.25) is 0 Å². The van der Waals surface area contributed by atoms with Crippen LogP contribution < -0.4 is 0 Å². The minimum Gasteiger partial charge on any atom is -0.469 e. The summed E-state index contributed by atoms with van der Waals surface area (Å²) >= 11 is 0. The van der Waals surface area contributed by atoms with Crippen LogP contribution in [0.25, 0.3) is 0 Å². The maximum Gasteiger partial charge on any atom is 0.308 e. The molecule has 0 heterocycles. The SMILES string of the molecule is CCCCCCCCCCC(CCCCCCCCCC)C(=O)OC. The van der Waals surface area contributed by atoms with Crippen LogP contribution in [0.15, 0.2) is 0 Å². The van der Waals surface area contributed by atoms with Crippen molar-refractivity contribution in [3.63, 3.8) is 0 Å². The van der Waals surface area contributed by atoms with Crippen LogP contribution in [-0.2, 0) is 9.53 Å². The Morgan fingerprint density at radius 2 is 0.920 bits per heavy atom. The lowest BCUT2D eigenvalue weighted by molar-refractivity contribution is -0.146. The Labute approximate surface area is 158 Å². The first-order valence-corrected chi connectivity index (χ1v) is 11.3. The molecule has 2 heteroatoms. The second kappa shape index (κ2) is 19.8. The fraction of sp³-hybridized carbons (Fsp3) is 0.957. The van der Waals surface area contributed by atoms with Gasteiger partial charge >= 0.3 is 5.97 Å². The molecule has 0 fully saturated rings. The highest BCUT2D eigenvalue weighted by Gasteiger charge is 2.17. The normalized spacial score (nSPS) is 11.2. The van der Waals surface area contributed by atoms with Gasteiger partial charge in [0.15, 0.2) is 0 Å². The van der Waals surface area contributed by atoms with Gasteiger partial charge in [0, 0.05) is 0 Å². The summed E-state index contributed by atoms with van der Waals surface area (Å²) in [6.45, 7) is 4.53. The van der Waals surface area contributed by atoms with Gasteiger partial charge in [-0.2, -0.15) is 0 Å². The van der Waals surface area contributed by atoms with E-state index in [1.165, 1.54) is 110 Å². The molecule has 0 N–H and O–H groups in total. The molecule has 0 unspecified atom stereocenters. The van der Waals surface area contributed by atoms with E-state index in [-0.39, 0.29) is 11.9 Å². The molecule has 0 aromatic carbocycles. The van der Waals surface area contributed by atoms with Crippen molar-refractivity contribution in [2.24, 2.45) is 5.92 Å². The molecule has 0 saturated heterocycles. The van der Waals surface area contributed by atoms with Crippen LogP contribution in [0, 0.1) is 5.92 Å². The van der Waals surface area contributed by atoms with Gasteiger partial charge in [-0.05, 0) is 12.8 Å². The first-order chi connectivity index (χ1) is 12.3. The molecule has 0 aliphatic heterocycles. The molecule has 0 rings (SSSR count). The average Bonchev–Trinajstić information content (AvgIpc) is 2.63. The standard InChI is InChI=1S/C23H46O2/c1-4-6-8-10-12-14-16-18-20-22(23(24)25-3)21-19-17-15-13-11-9-7-5-2/h22H,4-21H2,1-3H3. The number of carbonyl (C=O) groups is 1. The van der Waals surface area contributed by atoms with E-state index in [1.807, 2.05) is 0 Å². The van der Waals surface area contributed by atoms with Gasteiger partial charge in [0.05, 0.1) is 13.0 Å². The van der Waals surface area contributed by atoms with Gasteiger partial charge in [-0.1, -0.05) is 117 Å². The Hall–Kier alpha value is -0.530. The molecular formula is C23H46O2. The van der Waals surface area contributed by atoms with Gasteiger partial charge in [0.25, 0.3) is 0 Å². The van der Waals surface area contributed by atoms with E-state index in [4.69, 9.17) is 4.74 Å². The molecular weight excluding hydrogens is 308 g/mol. The van der Waals surface area contributed by atoms with Crippen molar-refractivity contribution in [3.8, 4) is 0 Å². The second-order valence-corrected chi connectivity index (χ2v) is 7.75. The molecule has 0 aliphatic carbocycles. The van der Waals surface area contributed by atoms with E-state index in [0.717, 1.165) is 12.8 Å². The zero-order valence-electron chi connectivity index (χ0n) is 17.6. The fourth-order valence-corrected chi connectivity index (χ4v) is 3.60. The molecule has 0 aromatic heterocycles. The molecule has 0 atom stereocenters. The number of hydrogen-bond acceptors (Lipinski definition) is 2. The van der Waals surface area contributed by atoms with Gasteiger partial charge in [0.2, 0.25) is 0 Å². The predicted octanol–water partition coefficient (Wildman–Crippen LogP) is 7.84. The minimum absolute atomic E-state index is 0.0193. The summed E-state index contributed by atoms with van der Waals surface area (Å²) in [4.78, 5) is 12.0. The van der Waals surface area contributed by atoms with Gasteiger partial charge in [-0.25, -0.2) is 0 Å². The lowest BCUT2D eigenvalue weighted by Crippen LogP contribution is -2.16. The smallest absolute Gasteiger partial charge is 0.308 e. The Kier molecular flexibility index (Phi) is 19.4. The number of ether oxygens (including phenoxy) is 1. The summed E-state index contributed by atoms with van der Waals surface area (Å²) in [6.07, 6.45) is 23.3. The van der Waals surface area contributed by atoms with Crippen LogP contribution in [-0.4, -0.2) is 13.1 Å². The largest absolute Gasteiger partial charge is 0.469 e. The van der Waals surface area contributed by atoms with Crippen LogP contribution in [0.1, 0.15) is 129 Å². The van der Waals surface area contributed by atoms with Gasteiger partial charge in [0.1, 0.15) is 0 Å². The van der Waals surface area contributed by atoms with Crippen molar-refractivity contribution >= 4 is 5.97 Å². The first kappa shape index (κ1) is 24.5. The summed E-state index contributed by atoms with van der Waals surface area (Å²) in [7, 11) is 1.54. The maximum atomic E-state index is 12.0. The van der Waals surface area contributed by atoms with Crippen LogP contribution in [0.4, 0.5) is 0 Å². The highest BCUT2D eigenvalue weighted by molar-refractivity contribution is 5.72. The van der Waals surface area contributed by atoms with Gasteiger partial charge in [-0.15, -0.1) is 0 Å². The third-order valence-corrected chi connectivity index (χ3v) is 5.35. The van der Waals surface area contributed by atoms with Crippen LogP contribution in [0.5, 0.6) is 0 Å². The van der Waals surface area contributed by atoms with Crippen molar-refractivity contribution in [1.82, 2.24) is 0 Å². The molecule has 0 saturated carbocycles. The summed E-state index contributed by atoms with van der Waals surface area (Å²) < 4.78 is 5.02. The molecule has 0 aromatic rings. The Morgan fingerprint density at radius 1 is 0.600 bits per heavy atom. The lowest BCUT2D eigenvalue weighted by atomic mass is 9.94. The summed E-state index contributed by atoms with van der Waals surface area (Å²) in [5.41, 5.74) is 0. The highest BCUT2D eigenvalue weighted by Crippen LogP contribution is 2.20. The number of methoxy groups -OCH3 is 1. The number of carbonyl (C=O) groups excluding carboxylic acids is 1. The van der Waals surface area contributed by atoms with Crippen molar-refractivity contribution in [2.45, 2.75) is 129 Å². The van der Waals surface area contributed by atoms with Crippen molar-refractivity contribution in [2.75, 3.05) is 7.11 Å². The lowest BCUT2D eigenvalue weighted by Gasteiger charge is -2.14. The van der Waals surface area contributed by atoms with Crippen molar-refractivity contribution < 1.29 is 9.53 Å². The summed E-state index contributed by atoms with van der Waals surface area (Å²) in [5, 5.41) is 0. The van der Waals surface area contributed by atoms with Crippen LogP contribution >= 0.6 is 0 Å². The number of rotatable bonds is 19. The Balaban J connectivity index is 3.64. The van der Waals surface area contributed by atoms with Gasteiger partial charge in [-0.3, -0.25) is 4.79 Å². The monoisotopic (exact) mass is 354 g/mol. The molecule has 0 spiro atoms. The molecule has 0 amide bonds. The number of esters is 1. The predicted molar refractivity (Wildman–Crippen MR) is 110 cm³/mol. The number of unbranched alkanes of at least 4 members (excludes halogenated alkanes) is 14. The zero-order valence-corrected chi connectivity index (χ0v) is 17.6. The average molecular weight is 355 g/mol. The first-order valence-electron chi connectivity index (χ1n) is 11.3. The molecule has 0 aliphatic rings. The topological polar surface area (TPSA) is 26.3 Å². The third-order valence-electron chi connectivity index (χ3n) is 5.35. The van der Waals surface area contributed by atoms with E-state index < -0.39 is 0 Å². The zero-order chi connectivity index (χ0) is 18.6. The van der Waals surface area contributed by atoms with Crippen LogP contribution in [0.3, 0.4) is 0 Å². The molecule has 150 valence electrons. The fourth-order valence-electron chi connectivity index (χ4n) is 3.60. The molecule has 0 radical (unpaired) electrons. The Morgan fingerprint density at radius 3 is 1.24 bits per heavy atom. The van der Waals surface area contributed by atoms with E-state index >= 15 is 0 Å². The molecule has 0 bridgehead atoms. The second-order valence-electron chi connectivity index (χ2n) is 7.75. The molecule has 25 heavy (non-hydrogen) atoms. The minimum atomic E-state index is 0.0193. The van der Waals surface area contributed by atoms with E-state index in [1.54, 1.807) is 0 Å². The Bertz CT molecular complexity index is 255. The van der Waals surface area contributed by atoms with Gasteiger partial charge < -0.3 is 4.74 Å². The van der Waals surface area contributed by atoms with E-state index in [9.17, 15) is 4.79 Å².